The predicted octanol–water partition coefficient (Wildman–Crippen LogP) is -0.332. The Morgan fingerprint density at radius 1 is 1.50 bits per heavy atom. The minimum absolute atomic E-state index is 0. The van der Waals surface area contributed by atoms with Crippen molar-refractivity contribution >= 4 is 51.5 Å². The number of hydrogen-bond donors (Lipinski definition) is 3. The number of amides is 1. The maximum absolute atomic E-state index is 10.7. The summed E-state index contributed by atoms with van der Waals surface area (Å²) in [6, 6.07) is 0. The van der Waals surface area contributed by atoms with Crippen molar-refractivity contribution in [3.8, 4) is 0 Å². The first-order valence-corrected chi connectivity index (χ1v) is 5.11. The second kappa shape index (κ2) is 7.82. The zero-order valence-electron chi connectivity index (χ0n) is 9.67. The van der Waals surface area contributed by atoms with Crippen LogP contribution in [0.2, 0.25) is 0 Å². The second-order valence-electron chi connectivity index (χ2n) is 2.39. The molecule has 80 valence electrons. The van der Waals surface area contributed by atoms with E-state index in [1.165, 1.54) is 0 Å². The average molecular weight is 251 g/mol. The van der Waals surface area contributed by atoms with Crippen molar-refractivity contribution < 1.29 is 26.9 Å². The SMILES string of the molecule is C=CN1CCCC1=O.O=P(O)(O)O.[Ca+2].[H-].[H-]. The van der Waals surface area contributed by atoms with Gasteiger partial charge in [-0.3, -0.25) is 4.79 Å². The number of likely N-dealkylation sites (tertiary alicyclic amines) is 1. The van der Waals surface area contributed by atoms with E-state index in [1.54, 1.807) is 11.1 Å². The zero-order valence-corrected chi connectivity index (χ0v) is 10.8. The molecule has 3 N–H and O–H groups in total. The van der Waals surface area contributed by atoms with E-state index in [9.17, 15) is 4.79 Å². The molecule has 0 unspecified atom stereocenters. The molecule has 0 bridgehead atoms. The topological polar surface area (TPSA) is 98.1 Å². The Labute approximate surface area is 115 Å². The Hall–Kier alpha value is 0.580. The summed E-state index contributed by atoms with van der Waals surface area (Å²) in [6.45, 7) is 4.36. The third-order valence-corrected chi connectivity index (χ3v) is 1.33. The largest absolute Gasteiger partial charge is 2.00 e. The first-order chi connectivity index (χ1) is 5.84. The first-order valence-electron chi connectivity index (χ1n) is 3.55. The molecule has 1 aliphatic heterocycles. The van der Waals surface area contributed by atoms with E-state index in [2.05, 4.69) is 6.58 Å². The van der Waals surface area contributed by atoms with E-state index in [1.807, 2.05) is 0 Å². The molecule has 0 radical (unpaired) electrons. The van der Waals surface area contributed by atoms with Gasteiger partial charge in [-0.1, -0.05) is 6.58 Å². The standard InChI is InChI=1S/C6H9NO.Ca.H3O4P.2H/c1-2-7-5-3-4-6(7)8;;1-5(2,3)4;;/h2H,1,3-5H2;;(H3,1,2,3,4);;/q;+2;;2*-1. The predicted molar refractivity (Wildman–Crippen MR) is 53.4 cm³/mol. The van der Waals surface area contributed by atoms with Crippen molar-refractivity contribution in [3.05, 3.63) is 12.8 Å². The smallest absolute Gasteiger partial charge is 1.00 e. The van der Waals surface area contributed by atoms with Crippen LogP contribution in [0.25, 0.3) is 0 Å². The molecule has 1 saturated heterocycles. The van der Waals surface area contributed by atoms with Crippen LogP contribution >= 0.6 is 7.82 Å². The molecule has 0 aromatic heterocycles. The van der Waals surface area contributed by atoms with Crippen molar-refractivity contribution in [2.24, 2.45) is 0 Å². The van der Waals surface area contributed by atoms with E-state index in [-0.39, 0.29) is 46.5 Å². The van der Waals surface area contributed by atoms with Crippen LogP contribution in [-0.2, 0) is 9.36 Å². The molecule has 1 aliphatic rings. The van der Waals surface area contributed by atoms with Crippen LogP contribution < -0.4 is 0 Å². The van der Waals surface area contributed by atoms with Gasteiger partial charge in [0.2, 0.25) is 5.91 Å². The maximum Gasteiger partial charge on any atom is 2.00 e. The molecule has 0 atom stereocenters. The number of phosphoric acid groups is 1. The van der Waals surface area contributed by atoms with Gasteiger partial charge in [0.25, 0.3) is 0 Å². The molecule has 1 heterocycles. The number of rotatable bonds is 1. The van der Waals surface area contributed by atoms with E-state index in [4.69, 9.17) is 19.2 Å². The van der Waals surface area contributed by atoms with E-state index in [0.717, 1.165) is 13.0 Å². The van der Waals surface area contributed by atoms with Crippen LogP contribution in [0.5, 0.6) is 0 Å². The van der Waals surface area contributed by atoms with Gasteiger partial charge in [0.1, 0.15) is 0 Å². The van der Waals surface area contributed by atoms with Gasteiger partial charge in [0, 0.05) is 13.0 Å². The molecular formula is C6H14CaNO5P. The van der Waals surface area contributed by atoms with Crippen molar-refractivity contribution in [1.29, 1.82) is 0 Å². The van der Waals surface area contributed by atoms with Gasteiger partial charge in [-0.2, -0.15) is 0 Å². The fourth-order valence-electron chi connectivity index (χ4n) is 0.862. The quantitative estimate of drug-likeness (QED) is 0.438. The van der Waals surface area contributed by atoms with Crippen molar-refractivity contribution in [2.75, 3.05) is 6.54 Å². The van der Waals surface area contributed by atoms with Crippen LogP contribution in [0.1, 0.15) is 15.7 Å². The Morgan fingerprint density at radius 3 is 2.07 bits per heavy atom. The normalized spacial score (nSPS) is 15.4. The van der Waals surface area contributed by atoms with Crippen molar-refractivity contribution in [2.45, 2.75) is 12.8 Å². The Kier molecular flexibility index (Phi) is 9.49. The van der Waals surface area contributed by atoms with E-state index < -0.39 is 7.82 Å². The summed E-state index contributed by atoms with van der Waals surface area (Å²) in [7, 11) is -4.64. The van der Waals surface area contributed by atoms with E-state index >= 15 is 0 Å². The van der Waals surface area contributed by atoms with Gasteiger partial charge in [0.05, 0.1) is 0 Å². The zero-order chi connectivity index (χ0) is 10.5. The molecule has 0 aromatic carbocycles. The minimum atomic E-state index is -4.64. The van der Waals surface area contributed by atoms with Gasteiger partial charge in [-0.15, -0.1) is 0 Å². The summed E-state index contributed by atoms with van der Waals surface area (Å²) in [6.07, 6.45) is 3.28. The number of nitrogens with zero attached hydrogens (tertiary/aromatic N) is 1. The first kappa shape index (κ1) is 17.0. The Balaban J connectivity index is -0.0000000818. The molecule has 0 saturated carbocycles. The van der Waals surface area contributed by atoms with Crippen LogP contribution in [0.3, 0.4) is 0 Å². The summed E-state index contributed by atoms with van der Waals surface area (Å²) >= 11 is 0. The van der Waals surface area contributed by atoms with Gasteiger partial charge in [-0.25, -0.2) is 4.57 Å². The van der Waals surface area contributed by atoms with Crippen LogP contribution in [0, 0.1) is 0 Å². The molecule has 1 rings (SSSR count). The van der Waals surface area contributed by atoms with Crippen molar-refractivity contribution in [1.82, 2.24) is 4.90 Å². The fourth-order valence-corrected chi connectivity index (χ4v) is 0.862. The molecule has 8 heteroatoms. The third-order valence-electron chi connectivity index (χ3n) is 1.33. The van der Waals surface area contributed by atoms with Crippen molar-refractivity contribution in [3.63, 3.8) is 0 Å². The summed E-state index contributed by atoms with van der Waals surface area (Å²) in [4.78, 5) is 33.9. The van der Waals surface area contributed by atoms with Gasteiger partial charge in [0.15, 0.2) is 0 Å². The van der Waals surface area contributed by atoms with Gasteiger partial charge >= 0.3 is 45.6 Å². The molecule has 14 heavy (non-hydrogen) atoms. The number of hydrogen-bond acceptors (Lipinski definition) is 2. The number of carbonyl (C=O) groups is 1. The number of carbonyl (C=O) groups excluding carboxylic acids is 1. The second-order valence-corrected chi connectivity index (χ2v) is 3.41. The molecule has 1 fully saturated rings. The Bertz CT molecular complexity index is 241. The monoisotopic (exact) mass is 251 g/mol. The molecule has 0 spiro atoms. The fraction of sp³-hybridized carbons (Fsp3) is 0.500. The molecule has 0 aliphatic carbocycles. The van der Waals surface area contributed by atoms with Crippen LogP contribution in [0.15, 0.2) is 12.8 Å². The molecular weight excluding hydrogens is 237 g/mol. The van der Waals surface area contributed by atoms with Crippen LogP contribution in [0.4, 0.5) is 0 Å². The van der Waals surface area contributed by atoms with E-state index in [0.29, 0.717) is 6.42 Å². The molecule has 6 nitrogen and oxygen atoms in total. The molecule has 0 aromatic rings. The summed E-state index contributed by atoms with van der Waals surface area (Å²) in [5.74, 6) is 0.208. The summed E-state index contributed by atoms with van der Waals surface area (Å²) < 4.78 is 8.88. The minimum Gasteiger partial charge on any atom is -1.00 e. The Morgan fingerprint density at radius 2 is 1.93 bits per heavy atom. The summed E-state index contributed by atoms with van der Waals surface area (Å²) in [5, 5.41) is 0. The maximum atomic E-state index is 10.7. The average Bonchev–Trinajstić information content (AvgIpc) is 2.31. The van der Waals surface area contributed by atoms with Gasteiger partial charge < -0.3 is 22.4 Å². The third kappa shape index (κ3) is 10.7. The molecule has 1 amide bonds. The van der Waals surface area contributed by atoms with Gasteiger partial charge in [-0.05, 0) is 12.6 Å². The summed E-state index contributed by atoms with van der Waals surface area (Å²) in [5.41, 5.74) is 0. The van der Waals surface area contributed by atoms with Crippen LogP contribution in [-0.4, -0.2) is 69.8 Å².